The van der Waals surface area contributed by atoms with E-state index in [9.17, 15) is 4.79 Å². The molecule has 2 nitrogen and oxygen atoms in total. The zero-order chi connectivity index (χ0) is 13.9. The molecule has 3 atom stereocenters. The summed E-state index contributed by atoms with van der Waals surface area (Å²) in [6.45, 7) is 7.41. The average molecular weight is 264 g/mol. The van der Waals surface area contributed by atoms with Gasteiger partial charge in [0.2, 0.25) is 0 Å². The van der Waals surface area contributed by atoms with E-state index in [1.165, 1.54) is 19.3 Å². The Morgan fingerprint density at radius 1 is 1.11 bits per heavy atom. The van der Waals surface area contributed by atoms with Crippen LogP contribution < -0.4 is 0 Å². The lowest BCUT2D eigenvalue weighted by Crippen LogP contribution is -2.50. The third-order valence-corrected chi connectivity index (χ3v) is 7.49. The van der Waals surface area contributed by atoms with Crippen molar-refractivity contribution in [3.63, 3.8) is 0 Å². The molecule has 0 amide bonds. The first-order valence-corrected chi connectivity index (χ1v) is 7.93. The molecular formula is C17H28O2. The van der Waals surface area contributed by atoms with Gasteiger partial charge in [-0.25, -0.2) is 0 Å². The summed E-state index contributed by atoms with van der Waals surface area (Å²) in [4.78, 5) is 11.6. The number of hydrogen-bond donors (Lipinski definition) is 0. The summed E-state index contributed by atoms with van der Waals surface area (Å²) in [7, 11) is 1.87. The molecule has 19 heavy (non-hydrogen) atoms. The van der Waals surface area contributed by atoms with Crippen LogP contribution in [0.4, 0.5) is 0 Å². The maximum Gasteiger partial charge on any atom is 0.133 e. The number of rotatable bonds is 2. The van der Waals surface area contributed by atoms with Gasteiger partial charge in [0.25, 0.3) is 0 Å². The van der Waals surface area contributed by atoms with Crippen molar-refractivity contribution in [2.45, 2.75) is 71.3 Å². The molecule has 2 heteroatoms. The maximum absolute atomic E-state index is 11.6. The molecule has 0 saturated heterocycles. The molecule has 0 aromatic carbocycles. The molecule has 0 aromatic heterocycles. The summed E-state index contributed by atoms with van der Waals surface area (Å²) in [5, 5.41) is 0. The van der Waals surface area contributed by atoms with E-state index in [0.29, 0.717) is 22.5 Å². The first-order valence-electron chi connectivity index (χ1n) is 7.93. The van der Waals surface area contributed by atoms with Crippen molar-refractivity contribution in [2.24, 2.45) is 22.7 Å². The monoisotopic (exact) mass is 264 g/mol. The lowest BCUT2D eigenvalue weighted by molar-refractivity contribution is -0.144. The minimum Gasteiger partial charge on any atom is -0.378 e. The van der Waals surface area contributed by atoms with E-state index in [-0.39, 0.29) is 5.60 Å². The molecule has 3 fully saturated rings. The fourth-order valence-corrected chi connectivity index (χ4v) is 5.65. The Kier molecular flexibility index (Phi) is 2.91. The van der Waals surface area contributed by atoms with Gasteiger partial charge < -0.3 is 4.74 Å². The van der Waals surface area contributed by atoms with Gasteiger partial charge in [-0.1, -0.05) is 20.8 Å². The number of Topliss-reactive ketones (excluding diaryl/α,β-unsaturated/α-hetero) is 1. The predicted molar refractivity (Wildman–Crippen MR) is 75.9 cm³/mol. The van der Waals surface area contributed by atoms with Gasteiger partial charge in [0.05, 0.1) is 5.60 Å². The number of methoxy groups -OCH3 is 1. The SMILES string of the molecule is COC1([C@H]2C[C@@H]3CC[C@@]2(C)C3(C)C)CCC(=O)CC1. The molecule has 3 aliphatic carbocycles. The summed E-state index contributed by atoms with van der Waals surface area (Å²) in [6.07, 6.45) is 7.40. The predicted octanol–water partition coefficient (Wildman–Crippen LogP) is 3.98. The second-order valence-corrected chi connectivity index (χ2v) is 7.97. The fourth-order valence-electron chi connectivity index (χ4n) is 5.65. The molecule has 108 valence electrons. The van der Waals surface area contributed by atoms with Crippen LogP contribution in [0.5, 0.6) is 0 Å². The van der Waals surface area contributed by atoms with Crippen molar-refractivity contribution in [2.75, 3.05) is 7.11 Å². The van der Waals surface area contributed by atoms with Crippen molar-refractivity contribution in [3.05, 3.63) is 0 Å². The van der Waals surface area contributed by atoms with Crippen LogP contribution in [0.1, 0.15) is 65.7 Å². The molecule has 2 bridgehead atoms. The van der Waals surface area contributed by atoms with Crippen LogP contribution in [0.25, 0.3) is 0 Å². The molecule has 3 saturated carbocycles. The Morgan fingerprint density at radius 3 is 2.16 bits per heavy atom. The van der Waals surface area contributed by atoms with Crippen molar-refractivity contribution in [1.82, 2.24) is 0 Å². The first-order chi connectivity index (χ1) is 8.86. The van der Waals surface area contributed by atoms with Crippen LogP contribution in [0.15, 0.2) is 0 Å². The zero-order valence-corrected chi connectivity index (χ0v) is 12.9. The van der Waals surface area contributed by atoms with E-state index in [1.807, 2.05) is 7.11 Å². The van der Waals surface area contributed by atoms with Gasteiger partial charge in [-0.05, 0) is 54.8 Å². The summed E-state index contributed by atoms with van der Waals surface area (Å²) >= 11 is 0. The maximum atomic E-state index is 11.6. The van der Waals surface area contributed by atoms with Gasteiger partial charge in [-0.3, -0.25) is 4.79 Å². The molecule has 0 spiro atoms. The largest absolute Gasteiger partial charge is 0.378 e. The van der Waals surface area contributed by atoms with Crippen LogP contribution in [-0.2, 0) is 9.53 Å². The highest BCUT2D eigenvalue weighted by Crippen LogP contribution is 2.71. The van der Waals surface area contributed by atoms with Crippen molar-refractivity contribution < 1.29 is 9.53 Å². The van der Waals surface area contributed by atoms with E-state index < -0.39 is 0 Å². The second kappa shape index (κ2) is 4.07. The van der Waals surface area contributed by atoms with Crippen LogP contribution in [0.3, 0.4) is 0 Å². The summed E-state index contributed by atoms with van der Waals surface area (Å²) in [5.41, 5.74) is 0.813. The number of fused-ring (bicyclic) bond motifs is 2. The minimum absolute atomic E-state index is 0.0188. The molecule has 0 heterocycles. The van der Waals surface area contributed by atoms with Crippen LogP contribution in [0.2, 0.25) is 0 Å². The molecule has 0 N–H and O–H groups in total. The molecule has 0 aliphatic heterocycles. The summed E-state index contributed by atoms with van der Waals surface area (Å²) < 4.78 is 6.07. The Bertz CT molecular complexity index is 388. The molecule has 0 aromatic rings. The number of hydrogen-bond acceptors (Lipinski definition) is 2. The normalized spacial score (nSPS) is 43.7. The van der Waals surface area contributed by atoms with Crippen LogP contribution >= 0.6 is 0 Å². The van der Waals surface area contributed by atoms with Crippen LogP contribution in [0, 0.1) is 22.7 Å². The number of carbonyl (C=O) groups excluding carboxylic acids is 1. The standard InChI is InChI=1S/C17H28O2/c1-15(2)12-5-8-16(15,3)14(11-12)17(19-4)9-6-13(18)7-10-17/h12,14H,5-11H2,1-4H3/t12-,14-,16+/m0/s1. The van der Waals surface area contributed by atoms with E-state index >= 15 is 0 Å². The van der Waals surface area contributed by atoms with Gasteiger partial charge in [0, 0.05) is 20.0 Å². The number of carbonyl (C=O) groups is 1. The van der Waals surface area contributed by atoms with Crippen molar-refractivity contribution in [1.29, 1.82) is 0 Å². The molecular weight excluding hydrogens is 236 g/mol. The minimum atomic E-state index is -0.0188. The van der Waals surface area contributed by atoms with Gasteiger partial charge in [0.1, 0.15) is 5.78 Å². The van der Waals surface area contributed by atoms with Gasteiger partial charge in [-0.15, -0.1) is 0 Å². The number of ether oxygens (including phenoxy) is 1. The Labute approximate surface area is 117 Å². The lowest BCUT2D eigenvalue weighted by atomic mass is 9.59. The molecule has 0 radical (unpaired) electrons. The van der Waals surface area contributed by atoms with E-state index in [1.54, 1.807) is 0 Å². The van der Waals surface area contributed by atoms with Gasteiger partial charge in [-0.2, -0.15) is 0 Å². The zero-order valence-electron chi connectivity index (χ0n) is 12.9. The second-order valence-electron chi connectivity index (χ2n) is 7.97. The fraction of sp³-hybridized carbons (Fsp3) is 0.941. The summed E-state index contributed by atoms with van der Waals surface area (Å²) in [6, 6.07) is 0. The Morgan fingerprint density at radius 2 is 1.74 bits per heavy atom. The molecule has 3 rings (SSSR count). The van der Waals surface area contributed by atoms with Crippen LogP contribution in [-0.4, -0.2) is 18.5 Å². The summed E-state index contributed by atoms with van der Waals surface area (Å²) in [5.74, 6) is 1.93. The smallest absolute Gasteiger partial charge is 0.133 e. The molecule has 0 unspecified atom stereocenters. The highest BCUT2D eigenvalue weighted by atomic mass is 16.5. The number of ketones is 1. The van der Waals surface area contributed by atoms with E-state index in [4.69, 9.17) is 4.74 Å². The Hall–Kier alpha value is -0.370. The highest BCUT2D eigenvalue weighted by Gasteiger charge is 2.66. The van der Waals surface area contributed by atoms with Crippen molar-refractivity contribution in [3.8, 4) is 0 Å². The quantitative estimate of drug-likeness (QED) is 0.754. The van der Waals surface area contributed by atoms with Crippen molar-refractivity contribution >= 4 is 5.78 Å². The van der Waals surface area contributed by atoms with E-state index in [2.05, 4.69) is 20.8 Å². The topological polar surface area (TPSA) is 26.3 Å². The first kappa shape index (κ1) is 13.6. The third-order valence-electron chi connectivity index (χ3n) is 7.49. The Balaban J connectivity index is 1.92. The third kappa shape index (κ3) is 1.62. The molecule has 3 aliphatic rings. The van der Waals surface area contributed by atoms with Gasteiger partial charge >= 0.3 is 0 Å². The average Bonchev–Trinajstić information content (AvgIpc) is 2.73. The van der Waals surface area contributed by atoms with E-state index in [0.717, 1.165) is 31.6 Å². The highest BCUT2D eigenvalue weighted by molar-refractivity contribution is 5.79. The lowest BCUT2D eigenvalue weighted by Gasteiger charge is -2.50. The van der Waals surface area contributed by atoms with Gasteiger partial charge in [0.15, 0.2) is 0 Å².